The molecule has 142 valence electrons. The molecule has 1 N–H and O–H groups in total. The zero-order valence-electron chi connectivity index (χ0n) is 15.3. The van der Waals surface area contributed by atoms with Gasteiger partial charge in [0, 0.05) is 26.7 Å². The number of nitro benzene ring substituents is 1. The highest BCUT2D eigenvalue weighted by molar-refractivity contribution is 5.93. The Morgan fingerprint density at radius 1 is 1.19 bits per heavy atom. The minimum Gasteiger partial charge on any atom is -0.449 e. The van der Waals surface area contributed by atoms with Crippen LogP contribution in [0.1, 0.15) is 22.8 Å². The molecule has 0 saturated heterocycles. The van der Waals surface area contributed by atoms with Crippen LogP contribution in [0.15, 0.2) is 48.5 Å². The fourth-order valence-electron chi connectivity index (χ4n) is 2.39. The molecule has 0 spiro atoms. The van der Waals surface area contributed by atoms with Gasteiger partial charge in [0.15, 0.2) is 6.10 Å². The van der Waals surface area contributed by atoms with Gasteiger partial charge in [-0.3, -0.25) is 14.9 Å². The van der Waals surface area contributed by atoms with Crippen molar-refractivity contribution < 1.29 is 19.2 Å². The summed E-state index contributed by atoms with van der Waals surface area (Å²) in [5.74, 6) is -1.17. The van der Waals surface area contributed by atoms with E-state index in [1.54, 1.807) is 14.1 Å². The zero-order chi connectivity index (χ0) is 20.0. The molecule has 2 aromatic rings. The Morgan fingerprint density at radius 2 is 1.85 bits per heavy atom. The van der Waals surface area contributed by atoms with Crippen LogP contribution in [0.3, 0.4) is 0 Å². The molecule has 0 aliphatic rings. The van der Waals surface area contributed by atoms with E-state index in [9.17, 15) is 19.7 Å². The highest BCUT2D eigenvalue weighted by atomic mass is 16.6. The molecule has 0 aliphatic carbocycles. The molecule has 27 heavy (non-hydrogen) atoms. The van der Waals surface area contributed by atoms with Gasteiger partial charge in [-0.15, -0.1) is 0 Å². The van der Waals surface area contributed by atoms with Gasteiger partial charge < -0.3 is 15.0 Å². The quantitative estimate of drug-likeness (QED) is 0.456. The van der Waals surface area contributed by atoms with Crippen LogP contribution in [-0.2, 0) is 16.1 Å². The molecule has 2 aromatic carbocycles. The number of nitrogens with zero attached hydrogens (tertiary/aromatic N) is 2. The summed E-state index contributed by atoms with van der Waals surface area (Å²) in [5.41, 5.74) is 1.02. The molecule has 0 radical (unpaired) electrons. The molecule has 0 bridgehead atoms. The van der Waals surface area contributed by atoms with Gasteiger partial charge in [0.2, 0.25) is 0 Å². The number of hydrogen-bond donors (Lipinski definition) is 1. The monoisotopic (exact) mass is 371 g/mol. The Hall–Kier alpha value is -3.42. The summed E-state index contributed by atoms with van der Waals surface area (Å²) in [4.78, 5) is 36.1. The largest absolute Gasteiger partial charge is 0.449 e. The molecule has 0 fully saturated rings. The van der Waals surface area contributed by atoms with Crippen LogP contribution in [0.2, 0.25) is 0 Å². The lowest BCUT2D eigenvalue weighted by molar-refractivity contribution is -0.384. The SMILES string of the molecule is C[C@@H](OC(=O)c1ccc(NCc2ccccc2)c([N+](=O)[O-])c1)C(=O)N(C)C. The minimum absolute atomic E-state index is 0.00497. The summed E-state index contributed by atoms with van der Waals surface area (Å²) in [6.45, 7) is 1.85. The number of benzene rings is 2. The number of nitro groups is 1. The normalized spacial score (nSPS) is 11.4. The van der Waals surface area contributed by atoms with Gasteiger partial charge >= 0.3 is 5.97 Å². The standard InChI is InChI=1S/C19H21N3O5/c1-13(18(23)21(2)3)27-19(24)15-9-10-16(17(11-15)22(25)26)20-12-14-7-5-4-6-8-14/h4-11,13,20H,12H2,1-3H3/t13-/m1/s1. The van der Waals surface area contributed by atoms with Gasteiger partial charge in [-0.25, -0.2) is 4.79 Å². The summed E-state index contributed by atoms with van der Waals surface area (Å²) in [6.07, 6.45) is -0.984. The maximum absolute atomic E-state index is 12.2. The van der Waals surface area contributed by atoms with E-state index < -0.39 is 17.0 Å². The third-order valence-electron chi connectivity index (χ3n) is 3.83. The molecule has 0 aromatic heterocycles. The molecule has 0 unspecified atom stereocenters. The summed E-state index contributed by atoms with van der Waals surface area (Å²) < 4.78 is 5.09. The maximum Gasteiger partial charge on any atom is 0.339 e. The number of anilines is 1. The van der Waals surface area contributed by atoms with Crippen LogP contribution < -0.4 is 5.32 Å². The van der Waals surface area contributed by atoms with Gasteiger partial charge in [-0.2, -0.15) is 0 Å². The Bertz CT molecular complexity index is 836. The predicted molar refractivity (Wildman–Crippen MR) is 100 cm³/mol. The van der Waals surface area contributed by atoms with Crippen LogP contribution in [-0.4, -0.2) is 41.9 Å². The van der Waals surface area contributed by atoms with E-state index in [-0.39, 0.29) is 22.8 Å². The summed E-state index contributed by atoms with van der Waals surface area (Å²) >= 11 is 0. The van der Waals surface area contributed by atoms with Crippen LogP contribution in [0.4, 0.5) is 11.4 Å². The van der Waals surface area contributed by atoms with Crippen molar-refractivity contribution in [2.24, 2.45) is 0 Å². The molecule has 0 heterocycles. The molecule has 1 atom stereocenters. The van der Waals surface area contributed by atoms with E-state index in [0.29, 0.717) is 6.54 Å². The van der Waals surface area contributed by atoms with Gasteiger partial charge in [-0.1, -0.05) is 30.3 Å². The highest BCUT2D eigenvalue weighted by Gasteiger charge is 2.23. The fourth-order valence-corrected chi connectivity index (χ4v) is 2.39. The van der Waals surface area contributed by atoms with Crippen LogP contribution >= 0.6 is 0 Å². The topological polar surface area (TPSA) is 102 Å². The number of nitrogens with one attached hydrogen (secondary N) is 1. The number of carbonyl (C=O) groups excluding carboxylic acids is 2. The van der Waals surface area contributed by atoms with Crippen LogP contribution in [0, 0.1) is 10.1 Å². The van der Waals surface area contributed by atoms with E-state index in [1.165, 1.54) is 24.0 Å². The van der Waals surface area contributed by atoms with Crippen molar-refractivity contribution in [2.75, 3.05) is 19.4 Å². The minimum atomic E-state index is -0.984. The molecular weight excluding hydrogens is 350 g/mol. The van der Waals surface area contributed by atoms with E-state index in [0.717, 1.165) is 11.6 Å². The molecule has 2 rings (SSSR count). The second-order valence-corrected chi connectivity index (χ2v) is 6.11. The fraction of sp³-hybridized carbons (Fsp3) is 0.263. The van der Waals surface area contributed by atoms with Gasteiger partial charge in [0.25, 0.3) is 11.6 Å². The number of hydrogen-bond acceptors (Lipinski definition) is 6. The Morgan fingerprint density at radius 3 is 2.44 bits per heavy atom. The number of ether oxygens (including phenoxy) is 1. The second-order valence-electron chi connectivity index (χ2n) is 6.11. The van der Waals surface area contributed by atoms with Crippen molar-refractivity contribution in [3.8, 4) is 0 Å². The molecule has 8 heteroatoms. The first-order valence-electron chi connectivity index (χ1n) is 8.28. The lowest BCUT2D eigenvalue weighted by Crippen LogP contribution is -2.34. The number of rotatable bonds is 7. The lowest BCUT2D eigenvalue weighted by atomic mass is 10.1. The molecule has 0 saturated carbocycles. The summed E-state index contributed by atoms with van der Waals surface area (Å²) in [5, 5.41) is 14.4. The maximum atomic E-state index is 12.2. The Balaban J connectivity index is 2.15. The molecule has 0 aliphatic heterocycles. The van der Waals surface area contributed by atoms with Crippen molar-refractivity contribution in [2.45, 2.75) is 19.6 Å². The Kier molecular flexibility index (Phi) is 6.48. The summed E-state index contributed by atoms with van der Waals surface area (Å²) in [7, 11) is 3.09. The molecule has 1 amide bonds. The number of likely N-dealkylation sites (N-methyl/N-ethyl adjacent to an activating group) is 1. The first-order chi connectivity index (χ1) is 12.8. The highest BCUT2D eigenvalue weighted by Crippen LogP contribution is 2.26. The van der Waals surface area contributed by atoms with E-state index in [2.05, 4.69) is 5.32 Å². The van der Waals surface area contributed by atoms with E-state index in [4.69, 9.17) is 4.74 Å². The van der Waals surface area contributed by atoms with Crippen molar-refractivity contribution in [1.29, 1.82) is 0 Å². The van der Waals surface area contributed by atoms with Crippen molar-refractivity contribution in [3.05, 3.63) is 69.8 Å². The first kappa shape index (κ1) is 19.9. The molecular formula is C19H21N3O5. The van der Waals surface area contributed by atoms with Gasteiger partial charge in [-0.05, 0) is 24.6 Å². The van der Waals surface area contributed by atoms with Crippen molar-refractivity contribution in [3.63, 3.8) is 0 Å². The lowest BCUT2D eigenvalue weighted by Gasteiger charge is -2.17. The van der Waals surface area contributed by atoms with Crippen molar-refractivity contribution in [1.82, 2.24) is 4.90 Å². The predicted octanol–water partition coefficient (Wildman–Crippen LogP) is 2.84. The molecule has 8 nitrogen and oxygen atoms in total. The smallest absolute Gasteiger partial charge is 0.339 e. The zero-order valence-corrected chi connectivity index (χ0v) is 15.3. The number of esters is 1. The third kappa shape index (κ3) is 5.27. The van der Waals surface area contributed by atoms with Crippen molar-refractivity contribution >= 4 is 23.3 Å². The van der Waals surface area contributed by atoms with E-state index in [1.807, 2.05) is 30.3 Å². The second kappa shape index (κ2) is 8.79. The average molecular weight is 371 g/mol. The Labute approximate surface area is 156 Å². The van der Waals surface area contributed by atoms with Crippen LogP contribution in [0.5, 0.6) is 0 Å². The number of amides is 1. The van der Waals surface area contributed by atoms with Gasteiger partial charge in [0.1, 0.15) is 5.69 Å². The average Bonchev–Trinajstić information content (AvgIpc) is 2.66. The van der Waals surface area contributed by atoms with Crippen LogP contribution in [0.25, 0.3) is 0 Å². The first-order valence-corrected chi connectivity index (χ1v) is 8.28. The number of carbonyl (C=O) groups is 2. The summed E-state index contributed by atoms with van der Waals surface area (Å²) in [6, 6.07) is 13.4. The van der Waals surface area contributed by atoms with Gasteiger partial charge in [0.05, 0.1) is 10.5 Å². The third-order valence-corrected chi connectivity index (χ3v) is 3.83. The van der Waals surface area contributed by atoms with E-state index >= 15 is 0 Å².